The number of hydrogen-bond donors (Lipinski definition) is 1. The predicted octanol–water partition coefficient (Wildman–Crippen LogP) is 2.25. The summed E-state index contributed by atoms with van der Waals surface area (Å²) >= 11 is 0. The molecule has 0 atom stereocenters. The number of ether oxygens (including phenoxy) is 1. The Bertz CT molecular complexity index is 454. The second-order valence-corrected chi connectivity index (χ2v) is 5.37. The lowest BCUT2D eigenvalue weighted by Gasteiger charge is -2.29. The first-order chi connectivity index (χ1) is 9.97. The van der Waals surface area contributed by atoms with Gasteiger partial charge in [-0.2, -0.15) is 13.2 Å². The van der Waals surface area contributed by atoms with Crippen LogP contribution < -0.4 is 0 Å². The van der Waals surface area contributed by atoms with E-state index in [1.54, 1.807) is 11.7 Å². The van der Waals surface area contributed by atoms with Crippen molar-refractivity contribution in [3.05, 3.63) is 11.6 Å². The van der Waals surface area contributed by atoms with E-state index in [1.165, 1.54) is 0 Å². The molecule has 120 valence electrons. The minimum Gasteiger partial charge on any atom is -0.388 e. The molecule has 1 saturated carbocycles. The van der Waals surface area contributed by atoms with Gasteiger partial charge in [-0.1, -0.05) is 0 Å². The summed E-state index contributed by atoms with van der Waals surface area (Å²) in [6.45, 7) is 0.693. The van der Waals surface area contributed by atoms with Gasteiger partial charge in [0.05, 0.1) is 12.5 Å². The molecule has 0 saturated heterocycles. The fourth-order valence-electron chi connectivity index (χ4n) is 2.87. The number of halogens is 3. The lowest BCUT2D eigenvalue weighted by Crippen LogP contribution is -2.28. The highest BCUT2D eigenvalue weighted by Crippen LogP contribution is 2.42. The van der Waals surface area contributed by atoms with Crippen LogP contribution in [0.3, 0.4) is 0 Å². The molecule has 1 heterocycles. The molecule has 0 spiro atoms. The van der Waals surface area contributed by atoms with E-state index in [1.807, 2.05) is 0 Å². The molecule has 1 aliphatic carbocycles. The van der Waals surface area contributed by atoms with Crippen molar-refractivity contribution < 1.29 is 23.0 Å². The zero-order chi connectivity index (χ0) is 15.5. The average Bonchev–Trinajstić information content (AvgIpc) is 2.87. The number of rotatable bonds is 5. The molecule has 0 aliphatic heterocycles. The number of aliphatic hydroxyl groups excluding tert-OH is 1. The van der Waals surface area contributed by atoms with E-state index < -0.39 is 12.1 Å². The maximum absolute atomic E-state index is 12.7. The van der Waals surface area contributed by atoms with Crippen molar-refractivity contribution in [2.75, 3.05) is 13.7 Å². The summed E-state index contributed by atoms with van der Waals surface area (Å²) in [5.74, 6) is -0.147. The fourth-order valence-corrected chi connectivity index (χ4v) is 2.87. The molecule has 1 aromatic heterocycles. The summed E-state index contributed by atoms with van der Waals surface area (Å²) in [5, 5.41) is 17.2. The van der Waals surface area contributed by atoms with Crippen LogP contribution in [0.2, 0.25) is 0 Å². The third-order valence-corrected chi connectivity index (χ3v) is 4.07. The normalized spacial score (nSPS) is 23.5. The number of aliphatic hydroxyl groups is 1. The molecule has 0 aromatic carbocycles. The van der Waals surface area contributed by atoms with Gasteiger partial charge in [0.25, 0.3) is 0 Å². The van der Waals surface area contributed by atoms with Gasteiger partial charge in [-0.05, 0) is 25.7 Å². The number of aromatic nitrogens is 3. The van der Waals surface area contributed by atoms with Crippen LogP contribution in [0.25, 0.3) is 0 Å². The molecule has 0 radical (unpaired) electrons. The molecular weight excluding hydrogens is 287 g/mol. The van der Waals surface area contributed by atoms with Gasteiger partial charge >= 0.3 is 6.18 Å². The van der Waals surface area contributed by atoms with E-state index in [4.69, 9.17) is 4.74 Å². The lowest BCUT2D eigenvalue weighted by molar-refractivity contribution is -0.182. The minimum atomic E-state index is -4.11. The summed E-state index contributed by atoms with van der Waals surface area (Å²) in [4.78, 5) is 0. The first kappa shape index (κ1) is 16.2. The van der Waals surface area contributed by atoms with Crippen LogP contribution in [-0.2, 0) is 17.9 Å². The van der Waals surface area contributed by atoms with Gasteiger partial charge in [0.15, 0.2) is 5.82 Å². The maximum atomic E-state index is 12.7. The van der Waals surface area contributed by atoms with Crippen molar-refractivity contribution in [2.45, 2.75) is 50.9 Å². The molecule has 8 heteroatoms. The molecule has 0 unspecified atom stereocenters. The molecular formula is C13H20F3N3O2. The van der Waals surface area contributed by atoms with Crippen LogP contribution in [0.15, 0.2) is 0 Å². The smallest absolute Gasteiger partial charge is 0.388 e. The van der Waals surface area contributed by atoms with Crippen LogP contribution >= 0.6 is 0 Å². The van der Waals surface area contributed by atoms with Gasteiger partial charge in [-0.25, -0.2) is 0 Å². The topological polar surface area (TPSA) is 60.2 Å². The van der Waals surface area contributed by atoms with Gasteiger partial charge < -0.3 is 14.4 Å². The Morgan fingerprint density at radius 3 is 2.43 bits per heavy atom. The molecule has 2 rings (SSSR count). The average molecular weight is 307 g/mol. The summed E-state index contributed by atoms with van der Waals surface area (Å²) in [5.41, 5.74) is 0. The lowest BCUT2D eigenvalue weighted by atomic mass is 9.81. The zero-order valence-corrected chi connectivity index (χ0v) is 11.9. The van der Waals surface area contributed by atoms with Crippen molar-refractivity contribution >= 4 is 0 Å². The first-order valence-corrected chi connectivity index (χ1v) is 7.05. The summed E-state index contributed by atoms with van der Waals surface area (Å²) in [6.07, 6.45) is -2.97. The Morgan fingerprint density at radius 2 is 1.90 bits per heavy atom. The molecule has 0 amide bonds. The van der Waals surface area contributed by atoms with E-state index in [0.717, 1.165) is 0 Å². The van der Waals surface area contributed by atoms with Crippen LogP contribution in [-0.4, -0.2) is 39.8 Å². The summed E-state index contributed by atoms with van der Waals surface area (Å²) in [6, 6.07) is 0. The fraction of sp³-hybridized carbons (Fsp3) is 0.846. The van der Waals surface area contributed by atoms with Gasteiger partial charge in [-0.15, -0.1) is 10.2 Å². The van der Waals surface area contributed by atoms with E-state index in [9.17, 15) is 18.3 Å². The molecule has 1 N–H and O–H groups in total. The Labute approximate surface area is 121 Å². The monoisotopic (exact) mass is 307 g/mol. The Balaban J connectivity index is 2.07. The largest absolute Gasteiger partial charge is 0.391 e. The van der Waals surface area contributed by atoms with Crippen molar-refractivity contribution in [1.82, 2.24) is 14.8 Å². The standard InChI is InChI=1S/C13H20F3N3O2/c1-21-7-6-19-11(8-20)17-18-12(19)9-2-4-10(5-3-9)13(14,15)16/h9-10,20H,2-8H2,1H3. The number of alkyl halides is 3. The molecule has 1 aliphatic rings. The molecule has 0 bridgehead atoms. The predicted molar refractivity (Wildman–Crippen MR) is 68.6 cm³/mol. The number of methoxy groups -OCH3 is 1. The highest BCUT2D eigenvalue weighted by atomic mass is 19.4. The molecule has 1 aromatic rings. The van der Waals surface area contributed by atoms with Crippen molar-refractivity contribution in [1.29, 1.82) is 0 Å². The summed E-state index contributed by atoms with van der Waals surface area (Å²) < 4.78 is 44.9. The second kappa shape index (κ2) is 6.74. The zero-order valence-electron chi connectivity index (χ0n) is 11.9. The van der Waals surface area contributed by atoms with Gasteiger partial charge in [0.1, 0.15) is 12.4 Å². The third-order valence-electron chi connectivity index (χ3n) is 4.07. The second-order valence-electron chi connectivity index (χ2n) is 5.37. The maximum Gasteiger partial charge on any atom is 0.391 e. The van der Waals surface area contributed by atoms with Crippen molar-refractivity contribution in [2.24, 2.45) is 5.92 Å². The first-order valence-electron chi connectivity index (χ1n) is 7.05. The van der Waals surface area contributed by atoms with Crippen LogP contribution in [0, 0.1) is 5.92 Å². The molecule has 5 nitrogen and oxygen atoms in total. The summed E-state index contributed by atoms with van der Waals surface area (Å²) in [7, 11) is 1.57. The Morgan fingerprint density at radius 1 is 1.24 bits per heavy atom. The Hall–Kier alpha value is -1.15. The van der Waals surface area contributed by atoms with Crippen molar-refractivity contribution in [3.8, 4) is 0 Å². The van der Waals surface area contributed by atoms with Gasteiger partial charge in [-0.3, -0.25) is 0 Å². The SMILES string of the molecule is COCCn1c(CO)nnc1C1CCC(C(F)(F)F)CC1. The van der Waals surface area contributed by atoms with Gasteiger partial charge in [0, 0.05) is 19.6 Å². The van der Waals surface area contributed by atoms with Crippen LogP contribution in [0.5, 0.6) is 0 Å². The number of nitrogens with zero attached hydrogens (tertiary/aromatic N) is 3. The minimum absolute atomic E-state index is 0.0340. The van der Waals surface area contributed by atoms with Crippen molar-refractivity contribution in [3.63, 3.8) is 0 Å². The number of hydrogen-bond acceptors (Lipinski definition) is 4. The van der Waals surface area contributed by atoms with E-state index in [0.29, 0.717) is 37.6 Å². The van der Waals surface area contributed by atoms with E-state index in [2.05, 4.69) is 10.2 Å². The molecule has 1 fully saturated rings. The third kappa shape index (κ3) is 3.74. The van der Waals surface area contributed by atoms with Crippen LogP contribution in [0.4, 0.5) is 13.2 Å². The van der Waals surface area contributed by atoms with Gasteiger partial charge in [0.2, 0.25) is 0 Å². The highest BCUT2D eigenvalue weighted by molar-refractivity contribution is 5.04. The van der Waals surface area contributed by atoms with Crippen LogP contribution in [0.1, 0.15) is 43.3 Å². The highest BCUT2D eigenvalue weighted by Gasteiger charge is 2.42. The van der Waals surface area contributed by atoms with E-state index >= 15 is 0 Å². The van der Waals surface area contributed by atoms with E-state index in [-0.39, 0.29) is 25.4 Å². The molecule has 21 heavy (non-hydrogen) atoms. The quantitative estimate of drug-likeness (QED) is 0.906. The Kier molecular flexibility index (Phi) is 5.21.